The van der Waals surface area contributed by atoms with Crippen molar-refractivity contribution >= 4 is 21.1 Å². The summed E-state index contributed by atoms with van der Waals surface area (Å²) in [7, 11) is -1.68. The smallest absolute Gasteiger partial charge is 0.211 e. The minimum Gasteiger partial charge on any atom is -0.497 e. The lowest BCUT2D eigenvalue weighted by Gasteiger charge is -2.17. The van der Waals surface area contributed by atoms with Crippen LogP contribution in [0.3, 0.4) is 0 Å². The van der Waals surface area contributed by atoms with Crippen molar-refractivity contribution in [3.63, 3.8) is 0 Å². The van der Waals surface area contributed by atoms with Crippen molar-refractivity contribution in [2.24, 2.45) is 0 Å². The van der Waals surface area contributed by atoms with Crippen molar-refractivity contribution in [2.45, 2.75) is 11.8 Å². The summed E-state index contributed by atoms with van der Waals surface area (Å²) in [5.74, 6) is 1.49. The molecule has 1 aliphatic rings. The Morgan fingerprint density at radius 1 is 1.06 bits per heavy atom. The second-order valence-corrected chi connectivity index (χ2v) is 9.89. The maximum absolute atomic E-state index is 12.3. The highest BCUT2D eigenvalue weighted by molar-refractivity contribution is 7.88. The predicted molar refractivity (Wildman–Crippen MR) is 119 cm³/mol. The molecule has 1 aliphatic heterocycles. The fraction of sp³-hybridized carbons (Fsp3) is 0.273. The third kappa shape index (κ3) is 3.70. The van der Waals surface area contributed by atoms with Crippen molar-refractivity contribution in [1.82, 2.24) is 24.5 Å². The van der Waals surface area contributed by atoms with Gasteiger partial charge in [0.05, 0.1) is 30.6 Å². The molecular weight excluding hydrogens is 414 g/mol. The largest absolute Gasteiger partial charge is 0.497 e. The van der Waals surface area contributed by atoms with E-state index in [-0.39, 0.29) is 11.8 Å². The molecule has 0 bridgehead atoms. The maximum Gasteiger partial charge on any atom is 0.211 e. The molecule has 0 amide bonds. The van der Waals surface area contributed by atoms with E-state index in [1.165, 1.54) is 10.6 Å². The number of nitrogens with one attached hydrogen (secondary N) is 2. The first-order chi connectivity index (χ1) is 14.9. The fourth-order valence-electron chi connectivity index (χ4n) is 4.30. The molecule has 9 heteroatoms. The van der Waals surface area contributed by atoms with Gasteiger partial charge in [-0.2, -0.15) is 5.10 Å². The summed E-state index contributed by atoms with van der Waals surface area (Å²) in [6.45, 7) is 0.817. The molecule has 4 aromatic rings. The van der Waals surface area contributed by atoms with Crippen LogP contribution in [0, 0.1) is 0 Å². The number of nitrogens with zero attached hydrogens (tertiary/aromatic N) is 3. The van der Waals surface area contributed by atoms with Crippen LogP contribution in [0.2, 0.25) is 0 Å². The van der Waals surface area contributed by atoms with E-state index in [9.17, 15) is 8.42 Å². The molecule has 2 aromatic carbocycles. The van der Waals surface area contributed by atoms with Crippen LogP contribution in [-0.4, -0.2) is 59.3 Å². The zero-order valence-electron chi connectivity index (χ0n) is 17.2. The minimum atomic E-state index is -3.31. The summed E-state index contributed by atoms with van der Waals surface area (Å²) in [5.41, 5.74) is 4.87. The second-order valence-electron chi connectivity index (χ2n) is 7.91. The van der Waals surface area contributed by atoms with Crippen molar-refractivity contribution in [1.29, 1.82) is 0 Å². The number of fused-ring (bicyclic) bond motifs is 1. The van der Waals surface area contributed by atoms with Gasteiger partial charge in [-0.15, -0.1) is 0 Å². The van der Waals surface area contributed by atoms with Gasteiger partial charge in [0.15, 0.2) is 0 Å². The Labute approximate surface area is 180 Å². The van der Waals surface area contributed by atoms with Crippen LogP contribution in [0.5, 0.6) is 5.75 Å². The molecule has 1 unspecified atom stereocenters. The van der Waals surface area contributed by atoms with E-state index < -0.39 is 10.0 Å². The van der Waals surface area contributed by atoms with Crippen LogP contribution in [0.1, 0.15) is 23.2 Å². The number of sulfonamides is 1. The molecule has 0 saturated carbocycles. The lowest BCUT2D eigenvalue weighted by Crippen LogP contribution is -2.27. The number of aromatic amines is 2. The Morgan fingerprint density at radius 3 is 2.52 bits per heavy atom. The average Bonchev–Trinajstić information content (AvgIpc) is 3.51. The number of imidazole rings is 1. The van der Waals surface area contributed by atoms with Gasteiger partial charge in [-0.3, -0.25) is 5.10 Å². The highest BCUT2D eigenvalue weighted by Gasteiger charge is 2.40. The SMILES string of the molecule is COc1ccc(C2CN(S(C)(=O)=O)C[C@@H]2c2nc3ccc(-c4cn[nH]c4)cc3[nH]2)cc1. The van der Waals surface area contributed by atoms with Crippen molar-refractivity contribution in [2.75, 3.05) is 26.5 Å². The number of hydrogen-bond donors (Lipinski definition) is 2. The Balaban J connectivity index is 1.54. The van der Waals surface area contributed by atoms with Gasteiger partial charge < -0.3 is 9.72 Å². The fourth-order valence-corrected chi connectivity index (χ4v) is 5.16. The molecule has 8 nitrogen and oxygen atoms in total. The number of rotatable bonds is 5. The summed E-state index contributed by atoms with van der Waals surface area (Å²) >= 11 is 0. The minimum absolute atomic E-state index is 0.00506. The van der Waals surface area contributed by atoms with Gasteiger partial charge in [0.1, 0.15) is 11.6 Å². The third-order valence-corrected chi connectivity index (χ3v) is 7.22. The number of methoxy groups -OCH3 is 1. The zero-order chi connectivity index (χ0) is 21.6. The highest BCUT2D eigenvalue weighted by atomic mass is 32.2. The summed E-state index contributed by atoms with van der Waals surface area (Å²) in [6, 6.07) is 13.8. The van der Waals surface area contributed by atoms with Crippen LogP contribution in [0.4, 0.5) is 0 Å². The Bertz CT molecular complexity index is 1310. The van der Waals surface area contributed by atoms with Gasteiger partial charge in [-0.1, -0.05) is 18.2 Å². The van der Waals surface area contributed by atoms with E-state index in [1.807, 2.05) is 48.7 Å². The summed E-state index contributed by atoms with van der Waals surface area (Å²) in [5, 5.41) is 6.84. The molecule has 0 aliphatic carbocycles. The molecule has 160 valence electrons. The molecule has 0 radical (unpaired) electrons. The first-order valence-corrected chi connectivity index (χ1v) is 11.8. The molecule has 1 fully saturated rings. The van der Waals surface area contributed by atoms with Crippen LogP contribution >= 0.6 is 0 Å². The van der Waals surface area contributed by atoms with Gasteiger partial charge in [0, 0.05) is 36.7 Å². The molecule has 31 heavy (non-hydrogen) atoms. The number of H-pyrrole nitrogens is 2. The summed E-state index contributed by atoms with van der Waals surface area (Å²) in [6.07, 6.45) is 4.88. The van der Waals surface area contributed by atoms with Crippen molar-refractivity contribution in [3.8, 4) is 16.9 Å². The van der Waals surface area contributed by atoms with E-state index in [2.05, 4.69) is 15.2 Å². The van der Waals surface area contributed by atoms with E-state index in [4.69, 9.17) is 9.72 Å². The van der Waals surface area contributed by atoms with E-state index >= 15 is 0 Å². The molecule has 2 atom stereocenters. The van der Waals surface area contributed by atoms with E-state index in [0.717, 1.165) is 39.3 Å². The van der Waals surface area contributed by atoms with Crippen LogP contribution in [0.15, 0.2) is 54.9 Å². The van der Waals surface area contributed by atoms with E-state index in [0.29, 0.717) is 13.1 Å². The molecule has 5 rings (SSSR count). The topological polar surface area (TPSA) is 104 Å². The molecule has 2 N–H and O–H groups in total. The molecule has 0 spiro atoms. The number of benzene rings is 2. The zero-order valence-corrected chi connectivity index (χ0v) is 18.1. The van der Waals surface area contributed by atoms with Crippen molar-refractivity contribution in [3.05, 3.63) is 66.2 Å². The van der Waals surface area contributed by atoms with Crippen LogP contribution in [0.25, 0.3) is 22.2 Å². The summed E-state index contributed by atoms with van der Waals surface area (Å²) in [4.78, 5) is 8.26. The predicted octanol–water partition coefficient (Wildman–Crippen LogP) is 3.10. The van der Waals surface area contributed by atoms with Crippen LogP contribution in [-0.2, 0) is 10.0 Å². The van der Waals surface area contributed by atoms with Gasteiger partial charge in [0.2, 0.25) is 10.0 Å². The highest BCUT2D eigenvalue weighted by Crippen LogP contribution is 2.40. The van der Waals surface area contributed by atoms with E-state index in [1.54, 1.807) is 13.3 Å². The third-order valence-electron chi connectivity index (χ3n) is 5.98. The Morgan fingerprint density at radius 2 is 1.84 bits per heavy atom. The molecule has 2 aromatic heterocycles. The molecule has 1 saturated heterocycles. The monoisotopic (exact) mass is 437 g/mol. The van der Waals surface area contributed by atoms with Gasteiger partial charge in [-0.05, 0) is 35.4 Å². The quantitative estimate of drug-likeness (QED) is 0.499. The standard InChI is InChI=1S/C22H23N5O3S/c1-30-17-6-3-14(4-7-17)18-12-27(31(2,28)29)13-19(18)22-25-20-8-5-15(9-21(20)26-22)16-10-23-24-11-16/h3-11,18-19H,12-13H2,1-2H3,(H,23,24)(H,25,26)/t18?,19-/m0/s1. The van der Waals surface area contributed by atoms with Crippen LogP contribution < -0.4 is 4.74 Å². The first kappa shape index (κ1) is 19.8. The Hall–Kier alpha value is -3.17. The number of aromatic nitrogens is 4. The lowest BCUT2D eigenvalue weighted by atomic mass is 9.88. The van der Waals surface area contributed by atoms with Gasteiger partial charge >= 0.3 is 0 Å². The average molecular weight is 438 g/mol. The van der Waals surface area contributed by atoms with Gasteiger partial charge in [0.25, 0.3) is 0 Å². The van der Waals surface area contributed by atoms with Crippen molar-refractivity contribution < 1.29 is 13.2 Å². The summed E-state index contributed by atoms with van der Waals surface area (Å²) < 4.78 is 31.4. The lowest BCUT2D eigenvalue weighted by molar-refractivity contribution is 0.414. The maximum atomic E-state index is 12.3. The number of ether oxygens (including phenoxy) is 1. The first-order valence-electron chi connectivity index (χ1n) is 10.0. The molecule has 3 heterocycles. The normalized spacial score (nSPS) is 19.8. The molecular formula is C22H23N5O3S. The Kier molecular flexibility index (Phi) is 4.79. The second kappa shape index (κ2) is 7.51. The number of hydrogen-bond acceptors (Lipinski definition) is 5. The van der Waals surface area contributed by atoms with Gasteiger partial charge in [-0.25, -0.2) is 17.7 Å².